The van der Waals surface area contributed by atoms with Gasteiger partial charge in [0, 0.05) is 25.7 Å². The minimum atomic E-state index is -4.96. The second-order valence-electron chi connectivity index (χ2n) is 27.4. The Hall–Kier alpha value is -2.46. The fourth-order valence-electron chi connectivity index (χ4n) is 11.6. The Bertz CT molecular complexity index is 1940. The third kappa shape index (κ3) is 71.7. The zero-order valence-electron chi connectivity index (χ0n) is 62.5. The summed E-state index contributed by atoms with van der Waals surface area (Å²) in [4.78, 5) is 72.9. The molecule has 0 fully saturated rings. The van der Waals surface area contributed by atoms with Crippen molar-refractivity contribution in [2.45, 2.75) is 412 Å². The highest BCUT2D eigenvalue weighted by atomic mass is 31.2. The molecule has 0 aliphatic heterocycles. The first-order valence-electron chi connectivity index (χ1n) is 40.1. The predicted octanol–water partition coefficient (Wildman–Crippen LogP) is 23.0. The molecule has 97 heavy (non-hydrogen) atoms. The van der Waals surface area contributed by atoms with Crippen molar-refractivity contribution in [1.82, 2.24) is 0 Å². The van der Waals surface area contributed by atoms with Crippen LogP contribution in [-0.2, 0) is 65.4 Å². The van der Waals surface area contributed by atoms with Crippen LogP contribution in [0.15, 0.2) is 24.3 Å². The Morgan fingerprint density at radius 2 is 0.495 bits per heavy atom. The molecule has 0 aromatic rings. The van der Waals surface area contributed by atoms with Crippen LogP contribution in [0.25, 0.3) is 0 Å². The number of unbranched alkanes of at least 4 members (excludes halogenated alkanes) is 48. The number of allylic oxidation sites excluding steroid dienone is 4. The standard InChI is InChI=1S/C78H148O17P2/c1-5-9-13-17-21-25-29-33-35-37-41-45-49-53-57-61-65-78(83)95-74(69-89-76(81)63-59-55-51-47-43-40-36-34-30-26-22-18-14-10-6-2)71-93-97(86,87)91-67-72(79)66-90-96(84,85)92-70-73(94-77(82)64-60-56-52-48-44-39-32-28-24-20-16-12-8-4)68-88-75(80)62-58-54-50-46-42-38-31-27-23-19-15-11-7-3/h26,30,34,36,72-74,79H,5-25,27-29,31-33,35,37-71H2,1-4H3,(H,84,85)(H,86,87)/b30-26-,36-34-/t72-,73+,74+/m0/s1. The molecule has 0 aromatic heterocycles. The zero-order valence-corrected chi connectivity index (χ0v) is 64.3. The molecular formula is C78H148O17P2. The van der Waals surface area contributed by atoms with Gasteiger partial charge in [-0.3, -0.25) is 37.3 Å². The third-order valence-electron chi connectivity index (χ3n) is 17.7. The van der Waals surface area contributed by atoms with Crippen LogP contribution >= 0.6 is 15.6 Å². The smallest absolute Gasteiger partial charge is 0.462 e. The first kappa shape index (κ1) is 94.5. The number of hydrogen-bond acceptors (Lipinski definition) is 15. The minimum absolute atomic E-state index is 0.102. The summed E-state index contributed by atoms with van der Waals surface area (Å²) in [6.45, 7) is 4.95. The number of hydrogen-bond donors (Lipinski definition) is 3. The molecule has 0 saturated carbocycles. The summed E-state index contributed by atoms with van der Waals surface area (Å²) in [5.74, 6) is -2.14. The van der Waals surface area contributed by atoms with Crippen molar-refractivity contribution < 1.29 is 80.2 Å². The summed E-state index contributed by atoms with van der Waals surface area (Å²) in [5.41, 5.74) is 0. The van der Waals surface area contributed by atoms with Crippen molar-refractivity contribution in [2.24, 2.45) is 0 Å². The zero-order chi connectivity index (χ0) is 71.1. The third-order valence-corrected chi connectivity index (χ3v) is 19.6. The van der Waals surface area contributed by atoms with Gasteiger partial charge in [0.15, 0.2) is 12.2 Å². The first-order chi connectivity index (χ1) is 47.2. The van der Waals surface area contributed by atoms with Gasteiger partial charge in [0.05, 0.1) is 26.4 Å². The Morgan fingerprint density at radius 1 is 0.289 bits per heavy atom. The number of carbonyl (C=O) groups excluding carboxylic acids is 4. The fourth-order valence-corrected chi connectivity index (χ4v) is 13.1. The van der Waals surface area contributed by atoms with E-state index in [0.717, 1.165) is 109 Å². The second kappa shape index (κ2) is 71.9. The van der Waals surface area contributed by atoms with Crippen LogP contribution in [0, 0.1) is 0 Å². The summed E-state index contributed by atoms with van der Waals surface area (Å²) < 4.78 is 68.6. The van der Waals surface area contributed by atoms with Gasteiger partial charge < -0.3 is 33.8 Å². The van der Waals surface area contributed by atoms with Crippen molar-refractivity contribution in [3.05, 3.63) is 24.3 Å². The van der Waals surface area contributed by atoms with Crippen molar-refractivity contribution in [1.29, 1.82) is 0 Å². The van der Waals surface area contributed by atoms with Gasteiger partial charge >= 0.3 is 39.5 Å². The number of aliphatic hydroxyl groups is 1. The lowest BCUT2D eigenvalue weighted by Crippen LogP contribution is -2.30. The lowest BCUT2D eigenvalue weighted by Gasteiger charge is -2.21. The van der Waals surface area contributed by atoms with E-state index in [2.05, 4.69) is 52.0 Å². The van der Waals surface area contributed by atoms with Gasteiger partial charge in [-0.25, -0.2) is 9.13 Å². The van der Waals surface area contributed by atoms with E-state index >= 15 is 0 Å². The number of rotatable bonds is 77. The fraction of sp³-hybridized carbons (Fsp3) is 0.897. The van der Waals surface area contributed by atoms with Crippen LogP contribution in [-0.4, -0.2) is 96.7 Å². The average molecular weight is 1420 g/mol. The number of phosphoric acid groups is 2. The maximum Gasteiger partial charge on any atom is 0.472 e. The second-order valence-corrected chi connectivity index (χ2v) is 30.3. The van der Waals surface area contributed by atoms with E-state index in [1.54, 1.807) is 0 Å². The number of aliphatic hydroxyl groups excluding tert-OH is 1. The summed E-state index contributed by atoms with van der Waals surface area (Å²) >= 11 is 0. The average Bonchev–Trinajstić information content (AvgIpc) is 2.03. The molecule has 3 N–H and O–H groups in total. The minimum Gasteiger partial charge on any atom is -0.462 e. The molecule has 0 aromatic carbocycles. The normalized spacial score (nSPS) is 14.0. The van der Waals surface area contributed by atoms with Crippen LogP contribution in [0.2, 0.25) is 0 Å². The van der Waals surface area contributed by atoms with Crippen molar-refractivity contribution in [3.8, 4) is 0 Å². The van der Waals surface area contributed by atoms with Crippen LogP contribution in [0.1, 0.15) is 394 Å². The molecule has 2 unspecified atom stereocenters. The predicted molar refractivity (Wildman–Crippen MR) is 395 cm³/mol. The van der Waals surface area contributed by atoms with Gasteiger partial charge in [-0.2, -0.15) is 0 Å². The molecule has 0 heterocycles. The molecule has 0 saturated heterocycles. The summed E-state index contributed by atoms with van der Waals surface area (Å²) in [6, 6.07) is 0. The van der Waals surface area contributed by atoms with Gasteiger partial charge in [0.25, 0.3) is 0 Å². The highest BCUT2D eigenvalue weighted by Crippen LogP contribution is 2.45. The maximum atomic E-state index is 13.1. The van der Waals surface area contributed by atoms with Crippen molar-refractivity contribution in [2.75, 3.05) is 39.6 Å². The van der Waals surface area contributed by atoms with E-state index < -0.39 is 97.5 Å². The lowest BCUT2D eigenvalue weighted by atomic mass is 10.0. The van der Waals surface area contributed by atoms with Gasteiger partial charge in [-0.05, 0) is 51.4 Å². The van der Waals surface area contributed by atoms with E-state index in [4.69, 9.17) is 37.0 Å². The van der Waals surface area contributed by atoms with Crippen LogP contribution < -0.4 is 0 Å². The molecule has 0 spiro atoms. The van der Waals surface area contributed by atoms with Crippen molar-refractivity contribution >= 4 is 39.5 Å². The van der Waals surface area contributed by atoms with E-state index in [1.165, 1.54) is 205 Å². The van der Waals surface area contributed by atoms with E-state index in [1.807, 2.05) is 0 Å². The Labute approximate surface area is 592 Å². The number of carbonyl (C=O) groups is 4. The summed E-state index contributed by atoms with van der Waals surface area (Å²) in [7, 11) is -9.92. The molecule has 5 atom stereocenters. The quantitative estimate of drug-likeness (QED) is 0.0169. The molecule has 0 bridgehead atoms. The van der Waals surface area contributed by atoms with Crippen LogP contribution in [0.4, 0.5) is 0 Å². The Kier molecular flexibility index (Phi) is 70.1. The van der Waals surface area contributed by atoms with Crippen molar-refractivity contribution in [3.63, 3.8) is 0 Å². The van der Waals surface area contributed by atoms with Gasteiger partial charge in [0.1, 0.15) is 19.3 Å². The number of esters is 4. The van der Waals surface area contributed by atoms with E-state index in [9.17, 15) is 43.2 Å². The number of phosphoric ester groups is 2. The Morgan fingerprint density at radius 3 is 0.753 bits per heavy atom. The molecule has 0 aliphatic rings. The molecular weight excluding hydrogens is 1270 g/mol. The summed E-state index contributed by atoms with van der Waals surface area (Å²) in [6.07, 6.45) is 65.8. The molecule has 0 amide bonds. The Balaban J connectivity index is 5.29. The molecule has 0 rings (SSSR count). The molecule has 17 nitrogen and oxygen atoms in total. The van der Waals surface area contributed by atoms with Gasteiger partial charge in [0.2, 0.25) is 0 Å². The largest absolute Gasteiger partial charge is 0.472 e. The number of ether oxygens (including phenoxy) is 4. The maximum absolute atomic E-state index is 13.1. The monoisotopic (exact) mass is 1420 g/mol. The topological polar surface area (TPSA) is 237 Å². The molecule has 0 radical (unpaired) electrons. The molecule has 19 heteroatoms. The SMILES string of the molecule is CCCCCC/C=C\C=C/CCCCCCCC(=O)OC[C@H](COP(=O)(O)OC[C@@H](O)COP(=O)(O)OC[C@@H](COC(=O)CCCCCCCCCCCCCCC)OC(=O)CCCCCCCCCCCCCCC)OC(=O)CCCCCCCCCCCCCCCCCC. The first-order valence-corrected chi connectivity index (χ1v) is 43.1. The van der Waals surface area contributed by atoms with Crippen LogP contribution in [0.3, 0.4) is 0 Å². The summed E-state index contributed by atoms with van der Waals surface area (Å²) in [5, 5.41) is 10.6. The highest BCUT2D eigenvalue weighted by molar-refractivity contribution is 7.47. The molecule has 0 aliphatic carbocycles. The van der Waals surface area contributed by atoms with Gasteiger partial charge in [-0.15, -0.1) is 0 Å². The van der Waals surface area contributed by atoms with E-state index in [0.29, 0.717) is 25.7 Å². The highest BCUT2D eigenvalue weighted by Gasteiger charge is 2.30. The van der Waals surface area contributed by atoms with Gasteiger partial charge in [-0.1, -0.05) is 341 Å². The van der Waals surface area contributed by atoms with E-state index in [-0.39, 0.29) is 25.7 Å². The lowest BCUT2D eigenvalue weighted by molar-refractivity contribution is -0.161. The van der Waals surface area contributed by atoms with Crippen LogP contribution in [0.5, 0.6) is 0 Å². The molecule has 572 valence electrons.